The van der Waals surface area contributed by atoms with Gasteiger partial charge in [0.1, 0.15) is 11.3 Å². The van der Waals surface area contributed by atoms with Crippen LogP contribution in [0.1, 0.15) is 26.7 Å². The molecule has 3 rings (SSSR count). The Morgan fingerprint density at radius 1 is 1.12 bits per heavy atom. The number of carbonyl (C=O) groups excluding carboxylic acids is 2. The van der Waals surface area contributed by atoms with E-state index < -0.39 is 5.54 Å². The SMILES string of the molecule is CC1(C)NC(=O)N(CCCCOc2ccc3ccccc3c2Cl)C1=O. The number of benzene rings is 2. The predicted octanol–water partition coefficient (Wildman–Crippen LogP) is 3.98. The summed E-state index contributed by atoms with van der Waals surface area (Å²) in [7, 11) is 0. The Kier molecular flexibility index (Phi) is 4.86. The highest BCUT2D eigenvalue weighted by atomic mass is 35.5. The van der Waals surface area contributed by atoms with Crippen molar-refractivity contribution < 1.29 is 14.3 Å². The fourth-order valence-electron chi connectivity index (χ4n) is 2.90. The first kappa shape index (κ1) is 17.5. The minimum absolute atomic E-state index is 0.184. The van der Waals surface area contributed by atoms with Crippen molar-refractivity contribution in [1.82, 2.24) is 10.2 Å². The molecular formula is C19H21ClN2O3. The first-order chi connectivity index (χ1) is 11.9. The van der Waals surface area contributed by atoms with Gasteiger partial charge in [-0.05, 0) is 38.1 Å². The average Bonchev–Trinajstić information content (AvgIpc) is 2.78. The summed E-state index contributed by atoms with van der Waals surface area (Å²) < 4.78 is 5.77. The maximum absolute atomic E-state index is 12.1. The predicted molar refractivity (Wildman–Crippen MR) is 98.0 cm³/mol. The molecule has 0 atom stereocenters. The molecule has 3 amide bonds. The fourth-order valence-corrected chi connectivity index (χ4v) is 3.19. The zero-order valence-corrected chi connectivity index (χ0v) is 15.1. The number of nitrogens with one attached hydrogen (secondary N) is 1. The van der Waals surface area contributed by atoms with Gasteiger partial charge in [0.05, 0.1) is 11.6 Å². The van der Waals surface area contributed by atoms with Crippen LogP contribution in [0.4, 0.5) is 4.79 Å². The van der Waals surface area contributed by atoms with Gasteiger partial charge in [-0.15, -0.1) is 0 Å². The Morgan fingerprint density at radius 2 is 1.88 bits per heavy atom. The van der Waals surface area contributed by atoms with E-state index in [0.29, 0.717) is 30.3 Å². The molecule has 6 heteroatoms. The summed E-state index contributed by atoms with van der Waals surface area (Å²) in [4.78, 5) is 25.2. The van der Waals surface area contributed by atoms with E-state index in [-0.39, 0.29) is 11.9 Å². The number of fused-ring (bicyclic) bond motifs is 1. The summed E-state index contributed by atoms with van der Waals surface area (Å²) in [6, 6.07) is 11.4. The standard InChI is InChI=1S/C19H21ClN2O3/c1-19(2)17(23)22(18(24)21-19)11-5-6-12-25-15-10-9-13-7-3-4-8-14(13)16(15)20/h3-4,7-10H,5-6,11-12H2,1-2H3,(H,21,24). The summed E-state index contributed by atoms with van der Waals surface area (Å²) in [6.45, 7) is 4.28. The highest BCUT2D eigenvalue weighted by Gasteiger charge is 2.43. The fraction of sp³-hybridized carbons (Fsp3) is 0.368. The largest absolute Gasteiger partial charge is 0.492 e. The van der Waals surface area contributed by atoms with Crippen molar-refractivity contribution in [2.45, 2.75) is 32.2 Å². The molecule has 0 spiro atoms. The van der Waals surface area contributed by atoms with Gasteiger partial charge in [0, 0.05) is 11.9 Å². The van der Waals surface area contributed by atoms with E-state index in [1.807, 2.05) is 36.4 Å². The number of ether oxygens (including phenoxy) is 1. The number of nitrogens with zero attached hydrogens (tertiary/aromatic N) is 1. The lowest BCUT2D eigenvalue weighted by Gasteiger charge is -2.16. The molecule has 5 nitrogen and oxygen atoms in total. The van der Waals surface area contributed by atoms with Gasteiger partial charge in [-0.2, -0.15) is 0 Å². The van der Waals surface area contributed by atoms with Crippen LogP contribution in [-0.2, 0) is 4.79 Å². The molecule has 0 aromatic heterocycles. The van der Waals surface area contributed by atoms with E-state index in [0.717, 1.165) is 17.2 Å². The maximum atomic E-state index is 12.1. The number of carbonyl (C=O) groups is 2. The Balaban J connectivity index is 1.50. The normalized spacial score (nSPS) is 16.4. The van der Waals surface area contributed by atoms with Crippen molar-refractivity contribution in [3.63, 3.8) is 0 Å². The van der Waals surface area contributed by atoms with Gasteiger partial charge < -0.3 is 10.1 Å². The van der Waals surface area contributed by atoms with Gasteiger partial charge >= 0.3 is 6.03 Å². The van der Waals surface area contributed by atoms with Crippen molar-refractivity contribution in [2.75, 3.05) is 13.2 Å². The van der Waals surface area contributed by atoms with Gasteiger partial charge in [0.15, 0.2) is 0 Å². The molecule has 1 aliphatic rings. The maximum Gasteiger partial charge on any atom is 0.325 e. The molecule has 0 aliphatic carbocycles. The molecule has 0 saturated carbocycles. The summed E-state index contributed by atoms with van der Waals surface area (Å²) in [6.07, 6.45) is 1.40. The van der Waals surface area contributed by atoms with E-state index in [9.17, 15) is 9.59 Å². The van der Waals surface area contributed by atoms with Crippen molar-refractivity contribution in [2.24, 2.45) is 0 Å². The molecule has 1 saturated heterocycles. The molecule has 0 unspecified atom stereocenters. The number of unbranched alkanes of at least 4 members (excludes halogenated alkanes) is 1. The second-order valence-electron chi connectivity index (χ2n) is 6.67. The van der Waals surface area contributed by atoms with Crippen LogP contribution in [-0.4, -0.2) is 35.5 Å². The lowest BCUT2D eigenvalue weighted by molar-refractivity contribution is -0.130. The minimum atomic E-state index is -0.813. The van der Waals surface area contributed by atoms with Crippen LogP contribution in [0, 0.1) is 0 Å². The zero-order valence-electron chi connectivity index (χ0n) is 14.3. The molecule has 2 aromatic carbocycles. The smallest absolute Gasteiger partial charge is 0.325 e. The second kappa shape index (κ2) is 6.92. The van der Waals surface area contributed by atoms with Gasteiger partial charge in [-0.1, -0.05) is 41.9 Å². The first-order valence-electron chi connectivity index (χ1n) is 8.34. The number of imide groups is 1. The molecule has 1 heterocycles. The molecule has 0 bridgehead atoms. The van der Waals surface area contributed by atoms with Crippen LogP contribution < -0.4 is 10.1 Å². The molecular weight excluding hydrogens is 340 g/mol. The van der Waals surface area contributed by atoms with Crippen molar-refractivity contribution >= 4 is 34.3 Å². The third kappa shape index (κ3) is 3.56. The zero-order chi connectivity index (χ0) is 18.0. The molecule has 1 N–H and O–H groups in total. The van der Waals surface area contributed by atoms with Crippen molar-refractivity contribution in [1.29, 1.82) is 0 Å². The van der Waals surface area contributed by atoms with E-state index in [1.165, 1.54) is 4.90 Å². The van der Waals surface area contributed by atoms with Crippen molar-refractivity contribution in [3.8, 4) is 5.75 Å². The van der Waals surface area contributed by atoms with Crippen LogP contribution in [0.15, 0.2) is 36.4 Å². The van der Waals surface area contributed by atoms with Crippen LogP contribution in [0.5, 0.6) is 5.75 Å². The van der Waals surface area contributed by atoms with E-state index in [1.54, 1.807) is 13.8 Å². The quantitative estimate of drug-likeness (QED) is 0.626. The first-order valence-corrected chi connectivity index (χ1v) is 8.72. The molecule has 2 aromatic rings. The van der Waals surface area contributed by atoms with E-state index >= 15 is 0 Å². The molecule has 132 valence electrons. The monoisotopic (exact) mass is 360 g/mol. The number of rotatable bonds is 6. The Bertz CT molecular complexity index is 819. The topological polar surface area (TPSA) is 58.6 Å². The lowest BCUT2D eigenvalue weighted by Crippen LogP contribution is -2.40. The van der Waals surface area contributed by atoms with E-state index in [4.69, 9.17) is 16.3 Å². The van der Waals surface area contributed by atoms with Crippen LogP contribution >= 0.6 is 11.6 Å². The summed E-state index contributed by atoms with van der Waals surface area (Å²) in [5.74, 6) is 0.465. The third-order valence-electron chi connectivity index (χ3n) is 4.31. The highest BCUT2D eigenvalue weighted by Crippen LogP contribution is 2.32. The van der Waals surface area contributed by atoms with Crippen LogP contribution in [0.25, 0.3) is 10.8 Å². The highest BCUT2D eigenvalue weighted by molar-refractivity contribution is 6.37. The van der Waals surface area contributed by atoms with Gasteiger partial charge in [0.25, 0.3) is 5.91 Å². The van der Waals surface area contributed by atoms with Gasteiger partial charge in [0.2, 0.25) is 0 Å². The number of hydrogen-bond donors (Lipinski definition) is 1. The second-order valence-corrected chi connectivity index (χ2v) is 7.04. The van der Waals surface area contributed by atoms with Crippen LogP contribution in [0.3, 0.4) is 0 Å². The number of urea groups is 1. The molecule has 1 fully saturated rings. The van der Waals surface area contributed by atoms with Gasteiger partial charge in [-0.25, -0.2) is 4.79 Å². The summed E-state index contributed by atoms with van der Waals surface area (Å²) in [5.41, 5.74) is -0.813. The molecule has 1 aliphatic heterocycles. The van der Waals surface area contributed by atoms with Crippen LogP contribution in [0.2, 0.25) is 5.02 Å². The number of hydrogen-bond acceptors (Lipinski definition) is 3. The number of halogens is 1. The minimum Gasteiger partial charge on any atom is -0.492 e. The Labute approximate surface area is 151 Å². The van der Waals surface area contributed by atoms with Crippen molar-refractivity contribution in [3.05, 3.63) is 41.4 Å². The number of amides is 3. The summed E-state index contributed by atoms with van der Waals surface area (Å²) >= 11 is 6.40. The average molecular weight is 361 g/mol. The summed E-state index contributed by atoms with van der Waals surface area (Å²) in [5, 5.41) is 5.31. The Hall–Kier alpha value is -2.27. The Morgan fingerprint density at radius 3 is 2.60 bits per heavy atom. The third-order valence-corrected chi connectivity index (χ3v) is 4.70. The van der Waals surface area contributed by atoms with Gasteiger partial charge in [-0.3, -0.25) is 9.69 Å². The molecule has 0 radical (unpaired) electrons. The van der Waals surface area contributed by atoms with E-state index in [2.05, 4.69) is 5.32 Å². The lowest BCUT2D eigenvalue weighted by atomic mass is 10.1. The molecule has 25 heavy (non-hydrogen) atoms.